The third kappa shape index (κ3) is 3.10. The fraction of sp³-hybridized carbons (Fsp3) is 0. The van der Waals surface area contributed by atoms with Crippen molar-refractivity contribution in [1.29, 1.82) is 0 Å². The monoisotopic (exact) mass is 352 g/mol. The predicted molar refractivity (Wildman–Crippen MR) is 90.5 cm³/mol. The van der Waals surface area contributed by atoms with Gasteiger partial charge in [0.15, 0.2) is 5.78 Å². The van der Waals surface area contributed by atoms with E-state index in [0.717, 1.165) is 4.47 Å². The van der Waals surface area contributed by atoms with Gasteiger partial charge in [-0.25, -0.2) is 0 Å². The molecule has 0 aliphatic rings. The second kappa shape index (κ2) is 6.58. The first kappa shape index (κ1) is 14.5. The van der Waals surface area contributed by atoms with Crippen LogP contribution in [0, 0.1) is 0 Å². The van der Waals surface area contributed by atoms with E-state index in [0.29, 0.717) is 22.6 Å². The SMILES string of the molecule is O=C(c1ccccc1)c1ccccc1Oc1ccccc1Br. The molecular formula is C19H13BrO2. The fourth-order valence-electron chi connectivity index (χ4n) is 2.13. The van der Waals surface area contributed by atoms with Crippen LogP contribution in [0.3, 0.4) is 0 Å². The molecule has 0 aliphatic carbocycles. The lowest BCUT2D eigenvalue weighted by Crippen LogP contribution is -2.03. The predicted octanol–water partition coefficient (Wildman–Crippen LogP) is 5.47. The van der Waals surface area contributed by atoms with Gasteiger partial charge in [-0.3, -0.25) is 4.79 Å². The van der Waals surface area contributed by atoms with Crippen LogP contribution in [0.1, 0.15) is 15.9 Å². The zero-order valence-electron chi connectivity index (χ0n) is 11.7. The van der Waals surface area contributed by atoms with Gasteiger partial charge in [0.1, 0.15) is 11.5 Å². The second-order valence-electron chi connectivity index (χ2n) is 4.72. The lowest BCUT2D eigenvalue weighted by molar-refractivity contribution is 0.103. The zero-order valence-corrected chi connectivity index (χ0v) is 13.3. The Morgan fingerprint density at radius 2 is 1.32 bits per heavy atom. The lowest BCUT2D eigenvalue weighted by Gasteiger charge is -2.11. The van der Waals surface area contributed by atoms with Crippen molar-refractivity contribution in [3.8, 4) is 11.5 Å². The average Bonchev–Trinajstić information content (AvgIpc) is 2.58. The molecule has 3 heteroatoms. The normalized spacial score (nSPS) is 10.2. The summed E-state index contributed by atoms with van der Waals surface area (Å²) in [5.74, 6) is 1.17. The number of ketones is 1. The van der Waals surface area contributed by atoms with Gasteiger partial charge in [0.25, 0.3) is 0 Å². The van der Waals surface area contributed by atoms with Gasteiger partial charge in [-0.05, 0) is 40.2 Å². The summed E-state index contributed by atoms with van der Waals surface area (Å²) in [6.45, 7) is 0. The van der Waals surface area contributed by atoms with E-state index in [1.165, 1.54) is 0 Å². The number of rotatable bonds is 4. The van der Waals surface area contributed by atoms with E-state index in [4.69, 9.17) is 4.74 Å². The number of halogens is 1. The average molecular weight is 353 g/mol. The topological polar surface area (TPSA) is 26.3 Å². The van der Waals surface area contributed by atoms with E-state index in [1.54, 1.807) is 24.3 Å². The highest BCUT2D eigenvalue weighted by Gasteiger charge is 2.15. The minimum Gasteiger partial charge on any atom is -0.455 e. The van der Waals surface area contributed by atoms with Gasteiger partial charge in [0.2, 0.25) is 0 Å². The molecular weight excluding hydrogens is 340 g/mol. The maximum atomic E-state index is 12.7. The van der Waals surface area contributed by atoms with Gasteiger partial charge in [-0.15, -0.1) is 0 Å². The number of hydrogen-bond acceptors (Lipinski definition) is 2. The van der Waals surface area contributed by atoms with E-state index >= 15 is 0 Å². The van der Waals surface area contributed by atoms with Gasteiger partial charge in [0.05, 0.1) is 10.0 Å². The summed E-state index contributed by atoms with van der Waals surface area (Å²) >= 11 is 3.45. The molecule has 0 atom stereocenters. The Morgan fingerprint density at radius 3 is 2.05 bits per heavy atom. The molecule has 3 aromatic rings. The number of hydrogen-bond donors (Lipinski definition) is 0. The van der Waals surface area contributed by atoms with Crippen molar-refractivity contribution in [2.45, 2.75) is 0 Å². The number of para-hydroxylation sites is 2. The van der Waals surface area contributed by atoms with E-state index in [1.807, 2.05) is 54.6 Å². The highest BCUT2D eigenvalue weighted by atomic mass is 79.9. The minimum absolute atomic E-state index is 0.0525. The largest absolute Gasteiger partial charge is 0.455 e. The number of benzene rings is 3. The second-order valence-corrected chi connectivity index (χ2v) is 5.58. The van der Waals surface area contributed by atoms with Crippen LogP contribution in [0.2, 0.25) is 0 Å². The minimum atomic E-state index is -0.0525. The zero-order chi connectivity index (χ0) is 15.4. The van der Waals surface area contributed by atoms with Gasteiger partial charge < -0.3 is 4.74 Å². The summed E-state index contributed by atoms with van der Waals surface area (Å²) in [7, 11) is 0. The standard InChI is InChI=1S/C19H13BrO2/c20-16-11-5-7-13-18(16)22-17-12-6-4-10-15(17)19(21)14-8-2-1-3-9-14/h1-13H. The summed E-state index contributed by atoms with van der Waals surface area (Å²) in [6.07, 6.45) is 0. The van der Waals surface area contributed by atoms with Crippen molar-refractivity contribution in [2.75, 3.05) is 0 Å². The molecule has 0 amide bonds. The summed E-state index contributed by atoms with van der Waals surface area (Å²) in [5, 5.41) is 0. The first-order chi connectivity index (χ1) is 10.8. The molecule has 108 valence electrons. The Hall–Kier alpha value is -2.39. The molecule has 0 heterocycles. The molecule has 0 saturated carbocycles. The quantitative estimate of drug-likeness (QED) is 0.581. The molecule has 0 unspecified atom stereocenters. The van der Waals surface area contributed by atoms with E-state index in [-0.39, 0.29) is 5.78 Å². The molecule has 0 saturated heterocycles. The third-order valence-electron chi connectivity index (χ3n) is 3.22. The number of carbonyl (C=O) groups excluding carboxylic acids is 1. The van der Waals surface area contributed by atoms with Crippen LogP contribution in [0.4, 0.5) is 0 Å². The molecule has 2 nitrogen and oxygen atoms in total. The molecule has 0 aromatic heterocycles. The van der Waals surface area contributed by atoms with E-state index in [2.05, 4.69) is 15.9 Å². The van der Waals surface area contributed by atoms with Gasteiger partial charge in [-0.2, -0.15) is 0 Å². The maximum absolute atomic E-state index is 12.7. The van der Waals surface area contributed by atoms with Gasteiger partial charge >= 0.3 is 0 Å². The third-order valence-corrected chi connectivity index (χ3v) is 3.88. The highest BCUT2D eigenvalue weighted by Crippen LogP contribution is 2.32. The van der Waals surface area contributed by atoms with Gasteiger partial charge in [0, 0.05) is 5.56 Å². The van der Waals surface area contributed by atoms with Gasteiger partial charge in [-0.1, -0.05) is 54.6 Å². The Balaban J connectivity index is 1.97. The highest BCUT2D eigenvalue weighted by molar-refractivity contribution is 9.10. The van der Waals surface area contributed by atoms with Crippen molar-refractivity contribution < 1.29 is 9.53 Å². The number of ether oxygens (including phenoxy) is 1. The van der Waals surface area contributed by atoms with Crippen LogP contribution in [0.15, 0.2) is 83.3 Å². The Bertz CT molecular complexity index is 797. The van der Waals surface area contributed by atoms with Crippen molar-refractivity contribution in [1.82, 2.24) is 0 Å². The molecule has 0 radical (unpaired) electrons. The molecule has 0 fully saturated rings. The summed E-state index contributed by atoms with van der Waals surface area (Å²) in [4.78, 5) is 12.7. The Morgan fingerprint density at radius 1 is 0.727 bits per heavy atom. The lowest BCUT2D eigenvalue weighted by atomic mass is 10.0. The van der Waals surface area contributed by atoms with Crippen LogP contribution >= 0.6 is 15.9 Å². The summed E-state index contributed by atoms with van der Waals surface area (Å²) in [5.41, 5.74) is 1.19. The molecule has 0 N–H and O–H groups in total. The van der Waals surface area contributed by atoms with E-state index < -0.39 is 0 Å². The molecule has 3 rings (SSSR count). The Kier molecular flexibility index (Phi) is 4.35. The summed E-state index contributed by atoms with van der Waals surface area (Å²) in [6, 6.07) is 24.0. The first-order valence-corrected chi connectivity index (χ1v) is 7.66. The van der Waals surface area contributed by atoms with Crippen molar-refractivity contribution in [3.05, 3.63) is 94.5 Å². The van der Waals surface area contributed by atoms with Crippen LogP contribution < -0.4 is 4.74 Å². The van der Waals surface area contributed by atoms with Crippen LogP contribution in [-0.2, 0) is 0 Å². The first-order valence-electron chi connectivity index (χ1n) is 6.87. The molecule has 0 bridgehead atoms. The smallest absolute Gasteiger partial charge is 0.196 e. The van der Waals surface area contributed by atoms with E-state index in [9.17, 15) is 4.79 Å². The Labute approximate surface area is 137 Å². The van der Waals surface area contributed by atoms with Crippen LogP contribution in [-0.4, -0.2) is 5.78 Å². The molecule has 0 aliphatic heterocycles. The number of carbonyl (C=O) groups is 1. The van der Waals surface area contributed by atoms with Crippen LogP contribution in [0.25, 0.3) is 0 Å². The van der Waals surface area contributed by atoms with Crippen molar-refractivity contribution in [2.24, 2.45) is 0 Å². The maximum Gasteiger partial charge on any atom is 0.196 e. The molecule has 3 aromatic carbocycles. The summed E-state index contributed by atoms with van der Waals surface area (Å²) < 4.78 is 6.76. The van der Waals surface area contributed by atoms with Crippen molar-refractivity contribution >= 4 is 21.7 Å². The van der Waals surface area contributed by atoms with Crippen LogP contribution in [0.5, 0.6) is 11.5 Å². The molecule has 0 spiro atoms. The fourth-order valence-corrected chi connectivity index (χ4v) is 2.50. The molecule has 22 heavy (non-hydrogen) atoms. The van der Waals surface area contributed by atoms with Crippen molar-refractivity contribution in [3.63, 3.8) is 0 Å².